The van der Waals surface area contributed by atoms with Crippen molar-refractivity contribution >= 4 is 23.4 Å². The minimum absolute atomic E-state index is 0.0160. The zero-order valence-corrected chi connectivity index (χ0v) is 15.4. The summed E-state index contributed by atoms with van der Waals surface area (Å²) in [4.78, 5) is 14.9. The Morgan fingerprint density at radius 2 is 1.88 bits per heavy atom. The van der Waals surface area contributed by atoms with Crippen molar-refractivity contribution in [3.63, 3.8) is 0 Å². The van der Waals surface area contributed by atoms with Gasteiger partial charge < -0.3 is 15.0 Å². The van der Waals surface area contributed by atoms with Gasteiger partial charge in [-0.2, -0.15) is 0 Å². The van der Waals surface area contributed by atoms with Crippen LogP contribution >= 0.6 is 11.8 Å². The van der Waals surface area contributed by atoms with Gasteiger partial charge in [0.05, 0.1) is 19.8 Å². The van der Waals surface area contributed by atoms with Crippen molar-refractivity contribution in [1.82, 2.24) is 0 Å². The molecule has 0 saturated heterocycles. The van der Waals surface area contributed by atoms with Gasteiger partial charge in [-0.25, -0.2) is 0 Å². The fourth-order valence-corrected chi connectivity index (χ4v) is 2.84. The number of quaternary nitrogens is 1. The van der Waals surface area contributed by atoms with Crippen LogP contribution in [0.5, 0.6) is 5.75 Å². The molecule has 0 spiro atoms. The quantitative estimate of drug-likeness (QED) is 0.758. The van der Waals surface area contributed by atoms with Gasteiger partial charge in [0.25, 0.3) is 5.91 Å². The second-order valence-corrected chi connectivity index (χ2v) is 6.66. The molecule has 2 aromatic carbocycles. The van der Waals surface area contributed by atoms with Crippen LogP contribution in [0.25, 0.3) is 0 Å². The lowest BCUT2D eigenvalue weighted by molar-refractivity contribution is -0.907. The third-order valence-electron chi connectivity index (χ3n) is 4.14. The van der Waals surface area contributed by atoms with Crippen molar-refractivity contribution in [1.29, 1.82) is 0 Å². The minimum Gasteiger partial charge on any atom is -0.495 e. The Morgan fingerprint density at radius 3 is 2.50 bits per heavy atom. The molecule has 1 amide bonds. The van der Waals surface area contributed by atoms with Crippen molar-refractivity contribution < 1.29 is 14.4 Å². The number of benzene rings is 2. The number of anilines is 1. The normalized spacial score (nSPS) is 13.2. The summed E-state index contributed by atoms with van der Waals surface area (Å²) in [5.41, 5.74) is 1.93. The van der Waals surface area contributed by atoms with E-state index in [1.54, 1.807) is 18.9 Å². The number of hydrogen-bond donors (Lipinski definition) is 2. The number of likely N-dealkylation sites (N-methyl/N-ethyl adjacent to an activating group) is 1. The topological polar surface area (TPSA) is 42.8 Å². The van der Waals surface area contributed by atoms with Gasteiger partial charge in [0.15, 0.2) is 6.04 Å². The van der Waals surface area contributed by atoms with E-state index in [1.807, 2.05) is 38.2 Å². The molecule has 0 fully saturated rings. The predicted molar refractivity (Wildman–Crippen MR) is 99.9 cm³/mol. The monoisotopic (exact) mass is 345 g/mol. The third-order valence-corrected chi connectivity index (χ3v) is 4.88. The molecule has 0 bridgehead atoms. The van der Waals surface area contributed by atoms with E-state index in [9.17, 15) is 4.79 Å². The lowest BCUT2D eigenvalue weighted by atomic mass is 10.2. The number of methoxy groups -OCH3 is 1. The Kier molecular flexibility index (Phi) is 6.70. The van der Waals surface area contributed by atoms with Gasteiger partial charge in [-0.05, 0) is 37.4 Å². The molecule has 0 saturated carbocycles. The first-order valence-corrected chi connectivity index (χ1v) is 9.16. The first kappa shape index (κ1) is 18.4. The number of nitrogens with one attached hydrogen (secondary N) is 2. The van der Waals surface area contributed by atoms with Crippen LogP contribution in [-0.2, 0) is 11.3 Å². The maximum absolute atomic E-state index is 12.5. The SMILES string of the molecule is COc1ccccc1NC(=O)[C@H](C)[NH+](C)Cc1ccc(SC)cc1. The highest BCUT2D eigenvalue weighted by molar-refractivity contribution is 7.98. The molecule has 0 aliphatic carbocycles. The molecule has 1 unspecified atom stereocenters. The molecule has 0 heterocycles. The molecule has 2 rings (SSSR count). The van der Waals surface area contributed by atoms with E-state index in [1.165, 1.54) is 10.5 Å². The van der Waals surface area contributed by atoms with E-state index >= 15 is 0 Å². The number of thioether (sulfide) groups is 1. The molecule has 5 heteroatoms. The first-order chi connectivity index (χ1) is 11.5. The van der Waals surface area contributed by atoms with E-state index in [0.717, 1.165) is 11.4 Å². The van der Waals surface area contributed by atoms with Gasteiger partial charge in [-0.1, -0.05) is 24.3 Å². The van der Waals surface area contributed by atoms with Crippen molar-refractivity contribution in [2.75, 3.05) is 25.7 Å². The Labute approximate surface area is 148 Å². The van der Waals surface area contributed by atoms with Gasteiger partial charge in [0, 0.05) is 10.5 Å². The van der Waals surface area contributed by atoms with Crippen LogP contribution in [0.4, 0.5) is 5.69 Å². The van der Waals surface area contributed by atoms with Gasteiger partial charge in [0.2, 0.25) is 0 Å². The molecular weight excluding hydrogens is 320 g/mol. The largest absolute Gasteiger partial charge is 0.495 e. The Morgan fingerprint density at radius 1 is 1.21 bits per heavy atom. The Bertz CT molecular complexity index is 673. The standard InChI is InChI=1S/C19H24N2O2S/c1-14(19(22)20-17-7-5-6-8-18(17)23-3)21(2)13-15-9-11-16(24-4)12-10-15/h5-12,14H,13H2,1-4H3,(H,20,22)/p+1/t14-/m0/s1. The molecule has 2 N–H and O–H groups in total. The lowest BCUT2D eigenvalue weighted by Crippen LogP contribution is -3.12. The summed E-state index contributed by atoms with van der Waals surface area (Å²) < 4.78 is 5.28. The average molecular weight is 345 g/mol. The van der Waals surface area contributed by atoms with Crippen molar-refractivity contribution in [2.45, 2.75) is 24.4 Å². The van der Waals surface area contributed by atoms with Crippen LogP contribution in [0, 0.1) is 0 Å². The molecule has 4 nitrogen and oxygen atoms in total. The van der Waals surface area contributed by atoms with Gasteiger partial charge in [-0.15, -0.1) is 11.8 Å². The fourth-order valence-electron chi connectivity index (χ4n) is 2.43. The maximum atomic E-state index is 12.5. The summed E-state index contributed by atoms with van der Waals surface area (Å²) in [5.74, 6) is 0.654. The number of rotatable bonds is 7. The molecular formula is C19H25N2O2S+. The van der Waals surface area contributed by atoms with Crippen LogP contribution in [0.3, 0.4) is 0 Å². The van der Waals surface area contributed by atoms with E-state index in [0.29, 0.717) is 11.4 Å². The van der Waals surface area contributed by atoms with Crippen LogP contribution in [0.2, 0.25) is 0 Å². The van der Waals surface area contributed by atoms with Crippen LogP contribution in [-0.4, -0.2) is 32.4 Å². The van der Waals surface area contributed by atoms with Crippen molar-refractivity contribution in [2.24, 2.45) is 0 Å². The summed E-state index contributed by atoms with van der Waals surface area (Å²) >= 11 is 1.73. The number of ether oxygens (including phenoxy) is 1. The molecule has 24 heavy (non-hydrogen) atoms. The average Bonchev–Trinajstić information content (AvgIpc) is 2.62. The molecule has 0 radical (unpaired) electrons. The molecule has 0 aliphatic heterocycles. The summed E-state index contributed by atoms with van der Waals surface area (Å²) in [5, 5.41) is 2.96. The highest BCUT2D eigenvalue weighted by Gasteiger charge is 2.22. The first-order valence-electron chi connectivity index (χ1n) is 7.94. The summed E-state index contributed by atoms with van der Waals surface area (Å²) in [6, 6.07) is 15.8. The number of amides is 1. The van der Waals surface area contributed by atoms with Gasteiger partial charge in [-0.3, -0.25) is 4.79 Å². The maximum Gasteiger partial charge on any atom is 0.282 e. The number of carbonyl (C=O) groups is 1. The van der Waals surface area contributed by atoms with E-state index in [4.69, 9.17) is 4.74 Å². The smallest absolute Gasteiger partial charge is 0.282 e. The van der Waals surface area contributed by atoms with Gasteiger partial charge in [0.1, 0.15) is 12.3 Å². The minimum atomic E-state index is -0.171. The van der Waals surface area contributed by atoms with Crippen LogP contribution in [0.15, 0.2) is 53.4 Å². The van der Waals surface area contributed by atoms with Crippen molar-refractivity contribution in [3.8, 4) is 5.75 Å². The highest BCUT2D eigenvalue weighted by atomic mass is 32.2. The van der Waals surface area contributed by atoms with E-state index in [2.05, 4.69) is 35.8 Å². The second kappa shape index (κ2) is 8.76. The Hall–Kier alpha value is -1.98. The van der Waals surface area contributed by atoms with Crippen molar-refractivity contribution in [3.05, 3.63) is 54.1 Å². The number of para-hydroxylation sites is 2. The third kappa shape index (κ3) is 4.76. The summed E-state index contributed by atoms with van der Waals surface area (Å²) in [7, 11) is 3.64. The van der Waals surface area contributed by atoms with E-state index < -0.39 is 0 Å². The fraction of sp³-hybridized carbons (Fsp3) is 0.316. The molecule has 2 aromatic rings. The number of hydrogen-bond acceptors (Lipinski definition) is 3. The second-order valence-electron chi connectivity index (χ2n) is 5.78. The summed E-state index contributed by atoms with van der Waals surface area (Å²) in [6.07, 6.45) is 2.07. The molecule has 0 aliphatic rings. The molecule has 2 atom stereocenters. The number of carbonyl (C=O) groups excluding carboxylic acids is 1. The van der Waals surface area contributed by atoms with Crippen LogP contribution in [0.1, 0.15) is 12.5 Å². The molecule has 0 aromatic heterocycles. The van der Waals surface area contributed by atoms with Gasteiger partial charge >= 0.3 is 0 Å². The highest BCUT2D eigenvalue weighted by Crippen LogP contribution is 2.22. The predicted octanol–water partition coefficient (Wildman–Crippen LogP) is 2.46. The van der Waals surface area contributed by atoms with E-state index in [-0.39, 0.29) is 11.9 Å². The zero-order valence-electron chi connectivity index (χ0n) is 14.6. The summed E-state index contributed by atoms with van der Waals surface area (Å²) in [6.45, 7) is 2.74. The molecule has 128 valence electrons. The zero-order chi connectivity index (χ0) is 17.5. The lowest BCUT2D eigenvalue weighted by Gasteiger charge is -2.21. The Balaban J connectivity index is 1.98. The van der Waals surface area contributed by atoms with Crippen LogP contribution < -0.4 is 15.0 Å².